The first-order valence-electron chi connectivity index (χ1n) is 11.4. The zero-order valence-corrected chi connectivity index (χ0v) is 18.5. The highest BCUT2D eigenvalue weighted by atomic mass is 32.1. The Labute approximate surface area is 169 Å². The fraction of sp³-hybridized carbons (Fsp3) is 0.909. The minimum atomic E-state index is 0.646. The van der Waals surface area contributed by atoms with Crippen LogP contribution in [0.1, 0.15) is 123 Å². The van der Waals surface area contributed by atoms with Gasteiger partial charge in [0.25, 0.3) is 0 Å². The Bertz CT molecular complexity index is 319. The number of rotatable bonds is 19. The third-order valence-corrected chi connectivity index (χ3v) is 5.00. The van der Waals surface area contributed by atoms with Crippen molar-refractivity contribution in [2.45, 2.75) is 123 Å². The van der Waals surface area contributed by atoms with Crippen LogP contribution >= 0.6 is 12.2 Å². The van der Waals surface area contributed by atoms with Gasteiger partial charge in [-0.15, -0.1) is 0 Å². The van der Waals surface area contributed by atoms with Gasteiger partial charge < -0.3 is 5.32 Å². The van der Waals surface area contributed by atoms with Gasteiger partial charge in [0.05, 0.1) is 0 Å². The van der Waals surface area contributed by atoms with Gasteiger partial charge in [0.15, 0.2) is 5.11 Å². The number of nitrogens with zero attached hydrogens (tertiary/aromatic N) is 1. The van der Waals surface area contributed by atoms with Crippen LogP contribution < -0.4 is 10.7 Å². The zero-order valence-electron chi connectivity index (χ0n) is 17.7. The Kier molecular flexibility index (Phi) is 21.8. The second-order valence-corrected chi connectivity index (χ2v) is 7.83. The molecule has 26 heavy (non-hydrogen) atoms. The first-order valence-corrected chi connectivity index (χ1v) is 11.8. The van der Waals surface area contributed by atoms with Crippen LogP contribution in [-0.4, -0.2) is 17.9 Å². The van der Waals surface area contributed by atoms with E-state index in [1.807, 2.05) is 6.21 Å². The summed E-state index contributed by atoms with van der Waals surface area (Å²) in [5, 5.41) is 7.99. The largest absolute Gasteiger partial charge is 0.361 e. The van der Waals surface area contributed by atoms with Crippen LogP contribution in [0.2, 0.25) is 0 Å². The summed E-state index contributed by atoms with van der Waals surface area (Å²) in [6, 6.07) is 0. The van der Waals surface area contributed by atoms with Gasteiger partial charge in [-0.3, -0.25) is 5.43 Å². The van der Waals surface area contributed by atoms with Gasteiger partial charge in [-0.05, 0) is 31.5 Å². The summed E-state index contributed by atoms with van der Waals surface area (Å²) in [5.74, 6) is 0. The van der Waals surface area contributed by atoms with Crippen LogP contribution in [0.5, 0.6) is 0 Å². The monoisotopic (exact) mass is 383 g/mol. The third kappa shape index (κ3) is 21.4. The second kappa shape index (κ2) is 22.4. The van der Waals surface area contributed by atoms with E-state index >= 15 is 0 Å². The van der Waals surface area contributed by atoms with E-state index in [0.29, 0.717) is 5.11 Å². The number of hydrogen-bond donors (Lipinski definition) is 2. The van der Waals surface area contributed by atoms with Gasteiger partial charge in [0.2, 0.25) is 0 Å². The smallest absolute Gasteiger partial charge is 0.186 e. The number of thiocarbonyl (C=S) groups is 1. The molecule has 0 bridgehead atoms. The Morgan fingerprint density at radius 2 is 1.15 bits per heavy atom. The fourth-order valence-electron chi connectivity index (χ4n) is 3.03. The van der Waals surface area contributed by atoms with E-state index in [9.17, 15) is 0 Å². The molecule has 3 nitrogen and oxygen atoms in total. The van der Waals surface area contributed by atoms with Crippen molar-refractivity contribution < 1.29 is 0 Å². The predicted octanol–water partition coefficient (Wildman–Crippen LogP) is 7.11. The van der Waals surface area contributed by atoms with Gasteiger partial charge in [-0.25, -0.2) is 0 Å². The molecule has 0 saturated carbocycles. The van der Waals surface area contributed by atoms with E-state index < -0.39 is 0 Å². The van der Waals surface area contributed by atoms with Gasteiger partial charge in [0, 0.05) is 12.8 Å². The molecule has 0 spiro atoms. The van der Waals surface area contributed by atoms with Gasteiger partial charge in [-0.2, -0.15) is 5.10 Å². The molecule has 0 aromatic rings. The Morgan fingerprint density at radius 1 is 0.692 bits per heavy atom. The molecular weight excluding hydrogens is 338 g/mol. The van der Waals surface area contributed by atoms with Gasteiger partial charge >= 0.3 is 0 Å². The predicted molar refractivity (Wildman–Crippen MR) is 122 cm³/mol. The van der Waals surface area contributed by atoms with Crippen molar-refractivity contribution in [3.8, 4) is 0 Å². The SMILES string of the molecule is CCCC/C=N\NC(=S)NCCCCCCCCCCCCCCCC. The summed E-state index contributed by atoms with van der Waals surface area (Å²) in [5.41, 5.74) is 2.88. The van der Waals surface area contributed by atoms with Crippen molar-refractivity contribution in [1.29, 1.82) is 0 Å². The molecule has 0 saturated heterocycles. The standard InChI is InChI=1S/C22H45N3S/c1-3-5-7-8-9-10-11-12-13-14-15-16-17-19-20-23-22(26)25-24-21-18-6-4-2/h21H,3-20H2,1-2H3,(H2,23,25,26)/b24-21-. The van der Waals surface area contributed by atoms with Crippen molar-refractivity contribution in [1.82, 2.24) is 10.7 Å². The lowest BCUT2D eigenvalue weighted by molar-refractivity contribution is 0.535. The van der Waals surface area contributed by atoms with Crippen LogP contribution in [0.25, 0.3) is 0 Å². The quantitative estimate of drug-likeness (QED) is 0.108. The summed E-state index contributed by atoms with van der Waals surface area (Å²) >= 11 is 5.20. The molecule has 0 heterocycles. The van der Waals surface area contributed by atoms with Crippen molar-refractivity contribution >= 4 is 23.5 Å². The molecule has 0 aromatic carbocycles. The lowest BCUT2D eigenvalue weighted by Crippen LogP contribution is -2.32. The molecular formula is C22H45N3S. The summed E-state index contributed by atoms with van der Waals surface area (Å²) in [7, 11) is 0. The Balaban J connectivity index is 3.15. The number of hydrazone groups is 1. The topological polar surface area (TPSA) is 36.4 Å². The maximum Gasteiger partial charge on any atom is 0.186 e. The number of unbranched alkanes of at least 4 members (excludes halogenated alkanes) is 15. The van der Waals surface area contributed by atoms with E-state index in [4.69, 9.17) is 12.2 Å². The zero-order chi connectivity index (χ0) is 19.1. The summed E-state index contributed by atoms with van der Waals surface area (Å²) in [6.45, 7) is 5.42. The molecule has 4 heteroatoms. The third-order valence-electron chi connectivity index (χ3n) is 4.76. The van der Waals surface area contributed by atoms with E-state index in [2.05, 4.69) is 29.7 Å². The molecule has 0 radical (unpaired) electrons. The van der Waals surface area contributed by atoms with E-state index in [1.165, 1.54) is 103 Å². The maximum atomic E-state index is 5.20. The second-order valence-electron chi connectivity index (χ2n) is 7.42. The lowest BCUT2D eigenvalue weighted by Gasteiger charge is -2.07. The molecule has 0 aromatic heterocycles. The van der Waals surface area contributed by atoms with Gasteiger partial charge in [-0.1, -0.05) is 104 Å². The average molecular weight is 384 g/mol. The highest BCUT2D eigenvalue weighted by Crippen LogP contribution is 2.12. The van der Waals surface area contributed by atoms with Crippen LogP contribution in [0.15, 0.2) is 5.10 Å². The first-order chi connectivity index (χ1) is 12.8. The molecule has 154 valence electrons. The number of nitrogens with one attached hydrogen (secondary N) is 2. The van der Waals surface area contributed by atoms with Crippen molar-refractivity contribution in [2.24, 2.45) is 5.10 Å². The molecule has 0 aliphatic rings. The maximum absolute atomic E-state index is 5.20. The van der Waals surface area contributed by atoms with E-state index in [0.717, 1.165) is 13.0 Å². The molecule has 0 aliphatic heterocycles. The Morgan fingerprint density at radius 3 is 1.65 bits per heavy atom. The Hall–Kier alpha value is -0.640. The van der Waals surface area contributed by atoms with E-state index in [1.54, 1.807) is 0 Å². The van der Waals surface area contributed by atoms with Crippen molar-refractivity contribution in [3.63, 3.8) is 0 Å². The van der Waals surface area contributed by atoms with Crippen LogP contribution in [-0.2, 0) is 0 Å². The lowest BCUT2D eigenvalue weighted by atomic mass is 10.0. The minimum Gasteiger partial charge on any atom is -0.361 e. The average Bonchev–Trinajstić information content (AvgIpc) is 2.64. The van der Waals surface area contributed by atoms with Crippen molar-refractivity contribution in [2.75, 3.05) is 6.54 Å². The first kappa shape index (κ1) is 25.4. The summed E-state index contributed by atoms with van der Waals surface area (Å²) in [6.07, 6.45) is 24.8. The normalized spacial score (nSPS) is 11.2. The fourth-order valence-corrected chi connectivity index (χ4v) is 3.18. The van der Waals surface area contributed by atoms with Crippen LogP contribution in [0.3, 0.4) is 0 Å². The van der Waals surface area contributed by atoms with Crippen LogP contribution in [0.4, 0.5) is 0 Å². The minimum absolute atomic E-state index is 0.646. The van der Waals surface area contributed by atoms with E-state index in [-0.39, 0.29) is 0 Å². The molecule has 0 fully saturated rings. The van der Waals surface area contributed by atoms with Gasteiger partial charge in [0.1, 0.15) is 0 Å². The summed E-state index contributed by atoms with van der Waals surface area (Å²) < 4.78 is 0. The molecule has 0 unspecified atom stereocenters. The highest BCUT2D eigenvalue weighted by molar-refractivity contribution is 7.80. The molecule has 0 amide bonds. The summed E-state index contributed by atoms with van der Waals surface area (Å²) in [4.78, 5) is 0. The molecule has 0 atom stereocenters. The number of hydrogen-bond acceptors (Lipinski definition) is 2. The van der Waals surface area contributed by atoms with Crippen molar-refractivity contribution in [3.05, 3.63) is 0 Å². The molecule has 0 aliphatic carbocycles. The highest BCUT2D eigenvalue weighted by Gasteiger charge is 1.95. The van der Waals surface area contributed by atoms with Crippen LogP contribution in [0, 0.1) is 0 Å². The molecule has 0 rings (SSSR count). The molecule has 2 N–H and O–H groups in total.